The van der Waals surface area contributed by atoms with E-state index in [2.05, 4.69) is 74.4 Å². The second-order valence-corrected chi connectivity index (χ2v) is 9.64. The number of carboxylic acids is 2. The minimum Gasteiger partial charge on any atom is -0.506 e. The Hall–Kier alpha value is -0.531. The predicted molar refractivity (Wildman–Crippen MR) is 124 cm³/mol. The monoisotopic (exact) mass is 771 g/mol. The average Bonchev–Trinajstić information content (AvgIpc) is 2.64. The van der Waals surface area contributed by atoms with E-state index in [0.29, 0.717) is 17.9 Å². The van der Waals surface area contributed by atoms with Gasteiger partial charge in [-0.25, -0.2) is 0 Å². The van der Waals surface area contributed by atoms with Gasteiger partial charge in [-0.2, -0.15) is 0 Å². The first-order valence-corrected chi connectivity index (χ1v) is 11.5. The van der Waals surface area contributed by atoms with Crippen LogP contribution in [-0.2, 0) is 29.7 Å². The van der Waals surface area contributed by atoms with Gasteiger partial charge in [0.2, 0.25) is 0 Å². The standard InChI is InChI=1S/C18H16Br4N2O6.Tc/c19-7-3-9(15(25)11(21)5-7)13(17(27)28)23-1-2-24-14(18(29)30)10-4-8(20)6-12(22)16(10)26;/h3-6,13-14,23-26H,1-2H2,(H,27,28)(H,29,30);/i;1+1. The van der Waals surface area contributed by atoms with Crippen LogP contribution in [0.25, 0.3) is 0 Å². The summed E-state index contributed by atoms with van der Waals surface area (Å²) in [6, 6.07) is 3.68. The zero-order chi connectivity index (χ0) is 22.6. The van der Waals surface area contributed by atoms with Gasteiger partial charge in [0.25, 0.3) is 0 Å². The molecule has 0 saturated carbocycles. The number of aliphatic carboxylic acids is 2. The first-order chi connectivity index (χ1) is 14.0. The van der Waals surface area contributed by atoms with Gasteiger partial charge in [0.15, 0.2) is 0 Å². The number of carbonyl (C=O) groups is 2. The van der Waals surface area contributed by atoms with Gasteiger partial charge in [0.1, 0.15) is 23.6 Å². The number of nitrogens with one attached hydrogen (secondary N) is 2. The van der Waals surface area contributed by atoms with Crippen molar-refractivity contribution in [2.24, 2.45) is 0 Å². The van der Waals surface area contributed by atoms with Gasteiger partial charge in [-0.05, 0) is 56.1 Å². The number of rotatable bonds is 9. The van der Waals surface area contributed by atoms with Gasteiger partial charge < -0.3 is 20.4 Å². The quantitative estimate of drug-likeness (QED) is 0.208. The van der Waals surface area contributed by atoms with Crippen LogP contribution in [0.3, 0.4) is 0 Å². The number of hydrogen-bond acceptors (Lipinski definition) is 6. The van der Waals surface area contributed by atoms with Crippen molar-refractivity contribution in [3.63, 3.8) is 0 Å². The third kappa shape index (κ3) is 7.49. The zero-order valence-electron chi connectivity index (χ0n) is 15.4. The van der Waals surface area contributed by atoms with E-state index in [-0.39, 0.29) is 55.8 Å². The summed E-state index contributed by atoms with van der Waals surface area (Å²) < 4.78 is 1.82. The fourth-order valence-corrected chi connectivity index (χ4v) is 5.22. The zero-order valence-corrected chi connectivity index (χ0v) is 23.6. The van der Waals surface area contributed by atoms with Crippen LogP contribution >= 0.6 is 63.7 Å². The molecular formula is C18H16Br4N2O6Tc. The number of aromatic hydroxyl groups is 2. The second-order valence-electron chi connectivity index (χ2n) is 6.10. The van der Waals surface area contributed by atoms with E-state index in [0.717, 1.165) is 0 Å². The van der Waals surface area contributed by atoms with Crippen LogP contribution in [0.4, 0.5) is 0 Å². The van der Waals surface area contributed by atoms with Gasteiger partial charge in [-0.1, -0.05) is 31.9 Å². The summed E-state index contributed by atoms with van der Waals surface area (Å²) in [5.74, 6) is -2.84. The predicted octanol–water partition coefficient (Wildman–Crippen LogP) is 4.28. The molecule has 169 valence electrons. The van der Waals surface area contributed by atoms with E-state index in [1.54, 1.807) is 12.1 Å². The molecule has 0 bridgehead atoms. The van der Waals surface area contributed by atoms with Crippen molar-refractivity contribution < 1.29 is 50.1 Å². The van der Waals surface area contributed by atoms with Crippen molar-refractivity contribution in [2.75, 3.05) is 13.1 Å². The Kier molecular flexibility index (Phi) is 11.6. The van der Waals surface area contributed by atoms with E-state index in [9.17, 15) is 30.0 Å². The summed E-state index contributed by atoms with van der Waals surface area (Å²) in [4.78, 5) is 23.4. The molecule has 2 aromatic rings. The second kappa shape index (κ2) is 12.6. The smallest absolute Gasteiger partial charge is 0.325 e. The molecule has 31 heavy (non-hydrogen) atoms. The molecule has 13 heteroatoms. The maximum atomic E-state index is 11.7. The SMILES string of the molecule is O=C(O)C(NCCNC(C(=O)O)c1cc(Br)cc(Br)c1O)c1cc(Br)cc(Br)c1O.[99Tc]. The number of halogens is 4. The number of benzene rings is 2. The Balaban J connectivity index is 0.00000480. The Morgan fingerprint density at radius 1 is 0.742 bits per heavy atom. The van der Waals surface area contributed by atoms with Crippen LogP contribution in [0, 0.1) is 0 Å². The fraction of sp³-hybridized carbons (Fsp3) is 0.222. The van der Waals surface area contributed by atoms with Gasteiger partial charge in [0.05, 0.1) is 8.95 Å². The third-order valence-electron chi connectivity index (χ3n) is 4.05. The normalized spacial score (nSPS) is 12.6. The van der Waals surface area contributed by atoms with Crippen molar-refractivity contribution in [3.05, 3.63) is 53.3 Å². The molecule has 8 nitrogen and oxygen atoms in total. The average molecular weight is 775 g/mol. The Morgan fingerprint density at radius 3 is 1.35 bits per heavy atom. The summed E-state index contributed by atoms with van der Waals surface area (Å²) in [5, 5.41) is 45.0. The molecule has 2 atom stereocenters. The maximum absolute atomic E-state index is 11.7. The van der Waals surface area contributed by atoms with E-state index >= 15 is 0 Å². The minimum atomic E-state index is -1.22. The van der Waals surface area contributed by atoms with Crippen molar-refractivity contribution in [1.82, 2.24) is 10.6 Å². The summed E-state index contributed by atoms with van der Waals surface area (Å²) >= 11 is 12.8. The number of hydrogen-bond donors (Lipinski definition) is 6. The molecule has 0 aliphatic carbocycles. The number of phenolic OH excluding ortho intramolecular Hbond substituents is 2. The molecule has 0 saturated heterocycles. The van der Waals surface area contributed by atoms with Gasteiger partial charge in [-0.3, -0.25) is 20.2 Å². The van der Waals surface area contributed by atoms with E-state index in [1.165, 1.54) is 12.1 Å². The first kappa shape index (κ1) is 28.5. The molecule has 0 spiro atoms. The molecule has 0 aromatic heterocycles. The number of phenols is 2. The molecule has 0 aliphatic rings. The Morgan fingerprint density at radius 2 is 1.06 bits per heavy atom. The van der Waals surface area contributed by atoms with Crippen LogP contribution in [0.2, 0.25) is 0 Å². The van der Waals surface area contributed by atoms with Crippen LogP contribution in [0.15, 0.2) is 42.2 Å². The Bertz CT molecular complexity index is 901. The molecule has 6 N–H and O–H groups in total. The van der Waals surface area contributed by atoms with E-state index in [4.69, 9.17) is 0 Å². The minimum absolute atomic E-state index is 0. The molecular weight excluding hydrogens is 759 g/mol. The molecule has 0 aliphatic heterocycles. The molecule has 0 amide bonds. The fourth-order valence-electron chi connectivity index (χ4n) is 2.71. The summed E-state index contributed by atoms with van der Waals surface area (Å²) in [6.07, 6.45) is 0. The van der Waals surface area contributed by atoms with Crippen LogP contribution < -0.4 is 10.6 Å². The first-order valence-electron chi connectivity index (χ1n) is 8.31. The summed E-state index contributed by atoms with van der Waals surface area (Å²) in [7, 11) is 0. The topological polar surface area (TPSA) is 139 Å². The summed E-state index contributed by atoms with van der Waals surface area (Å²) in [5.41, 5.74) is 0.291. The summed E-state index contributed by atoms with van der Waals surface area (Å²) in [6.45, 7) is 0.139. The van der Waals surface area contributed by atoms with Gasteiger partial charge in [0, 0.05) is 53.3 Å². The molecule has 2 rings (SSSR count). The molecule has 2 aromatic carbocycles. The van der Waals surface area contributed by atoms with Gasteiger partial charge in [-0.15, -0.1) is 0 Å². The van der Waals surface area contributed by atoms with Crippen molar-refractivity contribution >= 4 is 75.7 Å². The molecule has 2 unspecified atom stereocenters. The maximum Gasteiger partial charge on any atom is 0.325 e. The molecule has 0 heterocycles. The third-order valence-corrected chi connectivity index (χ3v) is 6.18. The largest absolute Gasteiger partial charge is 0.506 e. The molecule has 1 radical (unpaired) electrons. The Labute approximate surface area is 224 Å². The van der Waals surface area contributed by atoms with E-state index in [1.807, 2.05) is 0 Å². The van der Waals surface area contributed by atoms with Crippen LogP contribution in [0.1, 0.15) is 23.2 Å². The van der Waals surface area contributed by atoms with Crippen LogP contribution in [0.5, 0.6) is 11.5 Å². The van der Waals surface area contributed by atoms with Crippen molar-refractivity contribution in [2.45, 2.75) is 12.1 Å². The van der Waals surface area contributed by atoms with Crippen molar-refractivity contribution in [3.8, 4) is 11.5 Å². The van der Waals surface area contributed by atoms with Crippen LogP contribution in [-0.4, -0.2) is 45.5 Å². The number of carboxylic acid groups (broad SMARTS) is 2. The molecule has 0 fully saturated rings. The van der Waals surface area contributed by atoms with Crippen molar-refractivity contribution in [1.29, 1.82) is 0 Å². The van der Waals surface area contributed by atoms with E-state index < -0.39 is 24.0 Å². The van der Waals surface area contributed by atoms with Gasteiger partial charge >= 0.3 is 11.9 Å².